The van der Waals surface area contributed by atoms with Gasteiger partial charge in [0.1, 0.15) is 5.82 Å². The molecule has 0 saturated carbocycles. The number of amides is 1. The summed E-state index contributed by atoms with van der Waals surface area (Å²) in [5, 5.41) is 4.06. The van der Waals surface area contributed by atoms with Crippen LogP contribution >= 0.6 is 0 Å². The van der Waals surface area contributed by atoms with Gasteiger partial charge >= 0.3 is 0 Å². The number of methoxy groups -OCH3 is 2. The number of aromatic amines is 1. The SMILES string of the molecule is COc1ccc(Cc2nc3ccc(C(=O)N/N=C\c4cccc(C)c4)cc3[nH]2)cc1OC. The molecule has 0 atom stereocenters. The number of fused-ring (bicyclic) bond motifs is 1. The third kappa shape index (κ3) is 4.78. The molecule has 0 bridgehead atoms. The Morgan fingerprint density at radius 3 is 2.69 bits per heavy atom. The summed E-state index contributed by atoms with van der Waals surface area (Å²) < 4.78 is 10.7. The van der Waals surface area contributed by atoms with Crippen molar-refractivity contribution in [1.82, 2.24) is 15.4 Å². The molecule has 2 N–H and O–H groups in total. The van der Waals surface area contributed by atoms with E-state index >= 15 is 0 Å². The number of rotatable bonds is 7. The van der Waals surface area contributed by atoms with Crippen LogP contribution in [0.4, 0.5) is 0 Å². The fourth-order valence-corrected chi connectivity index (χ4v) is 3.45. The first-order chi connectivity index (χ1) is 15.6. The van der Waals surface area contributed by atoms with Gasteiger partial charge in [0, 0.05) is 12.0 Å². The summed E-state index contributed by atoms with van der Waals surface area (Å²) in [4.78, 5) is 20.4. The number of aryl methyl sites for hydroxylation is 1. The standard InChI is InChI=1S/C25H24N4O3/c1-16-5-4-6-18(11-16)15-26-29-25(30)19-8-9-20-21(14-19)28-24(27-20)13-17-7-10-22(31-2)23(12-17)32-3/h4-12,14-15H,13H2,1-3H3,(H,27,28)(H,29,30)/b26-15-. The topological polar surface area (TPSA) is 88.6 Å². The lowest BCUT2D eigenvalue weighted by molar-refractivity contribution is 0.0955. The molecule has 3 aromatic carbocycles. The normalized spacial score (nSPS) is 11.1. The third-order valence-corrected chi connectivity index (χ3v) is 5.03. The molecule has 0 aliphatic heterocycles. The number of ether oxygens (including phenoxy) is 2. The number of hydrogen-bond donors (Lipinski definition) is 2. The van der Waals surface area contributed by atoms with Crippen molar-refractivity contribution in [1.29, 1.82) is 0 Å². The summed E-state index contributed by atoms with van der Waals surface area (Å²) in [5.41, 5.74) is 7.74. The first-order valence-electron chi connectivity index (χ1n) is 10.2. The predicted octanol–water partition coefficient (Wildman–Crippen LogP) is 4.24. The van der Waals surface area contributed by atoms with Gasteiger partial charge in [0.05, 0.1) is 31.5 Å². The van der Waals surface area contributed by atoms with E-state index in [0.717, 1.165) is 33.5 Å². The van der Waals surface area contributed by atoms with Crippen molar-refractivity contribution in [2.45, 2.75) is 13.3 Å². The Bertz CT molecular complexity index is 1290. The molecule has 32 heavy (non-hydrogen) atoms. The van der Waals surface area contributed by atoms with Crippen LogP contribution in [-0.4, -0.2) is 36.3 Å². The van der Waals surface area contributed by atoms with Crippen molar-refractivity contribution in [2.24, 2.45) is 5.10 Å². The van der Waals surface area contributed by atoms with Crippen LogP contribution in [0.5, 0.6) is 11.5 Å². The van der Waals surface area contributed by atoms with Gasteiger partial charge in [0.25, 0.3) is 5.91 Å². The van der Waals surface area contributed by atoms with Gasteiger partial charge in [-0.1, -0.05) is 35.9 Å². The molecule has 162 valence electrons. The van der Waals surface area contributed by atoms with E-state index in [1.54, 1.807) is 32.6 Å². The molecule has 0 spiro atoms. The van der Waals surface area contributed by atoms with Crippen LogP contribution in [0.1, 0.15) is 32.9 Å². The Morgan fingerprint density at radius 2 is 1.91 bits per heavy atom. The second-order valence-corrected chi connectivity index (χ2v) is 7.39. The summed E-state index contributed by atoms with van der Waals surface area (Å²) in [5.74, 6) is 1.86. The van der Waals surface area contributed by atoms with E-state index in [-0.39, 0.29) is 5.91 Å². The van der Waals surface area contributed by atoms with Gasteiger partial charge in [0.2, 0.25) is 0 Å². The molecule has 0 fully saturated rings. The highest BCUT2D eigenvalue weighted by Gasteiger charge is 2.11. The van der Waals surface area contributed by atoms with Crippen molar-refractivity contribution >= 4 is 23.2 Å². The molecule has 1 aromatic heterocycles. The largest absolute Gasteiger partial charge is 0.493 e. The molecule has 1 heterocycles. The number of nitrogens with one attached hydrogen (secondary N) is 2. The number of hydrogen-bond acceptors (Lipinski definition) is 5. The van der Waals surface area contributed by atoms with E-state index in [9.17, 15) is 4.79 Å². The minimum absolute atomic E-state index is 0.285. The molecule has 0 saturated heterocycles. The van der Waals surface area contributed by atoms with E-state index in [1.807, 2.05) is 55.5 Å². The van der Waals surface area contributed by atoms with Gasteiger partial charge < -0.3 is 14.5 Å². The lowest BCUT2D eigenvalue weighted by Crippen LogP contribution is -2.17. The van der Waals surface area contributed by atoms with Crippen molar-refractivity contribution in [3.05, 3.63) is 88.7 Å². The molecule has 7 heteroatoms. The number of carbonyl (C=O) groups is 1. The maximum atomic E-state index is 12.5. The number of nitrogens with zero attached hydrogens (tertiary/aromatic N) is 2. The van der Waals surface area contributed by atoms with Gasteiger partial charge in [0.15, 0.2) is 11.5 Å². The predicted molar refractivity (Wildman–Crippen MR) is 125 cm³/mol. The van der Waals surface area contributed by atoms with Crippen LogP contribution in [-0.2, 0) is 6.42 Å². The van der Waals surface area contributed by atoms with Crippen LogP contribution in [0.15, 0.2) is 65.8 Å². The Hall–Kier alpha value is -4.13. The smallest absolute Gasteiger partial charge is 0.271 e. The van der Waals surface area contributed by atoms with Crippen LogP contribution < -0.4 is 14.9 Å². The van der Waals surface area contributed by atoms with Crippen LogP contribution in [0.3, 0.4) is 0 Å². The summed E-state index contributed by atoms with van der Waals surface area (Å²) >= 11 is 0. The number of benzene rings is 3. The minimum atomic E-state index is -0.285. The maximum Gasteiger partial charge on any atom is 0.271 e. The zero-order valence-corrected chi connectivity index (χ0v) is 18.2. The second-order valence-electron chi connectivity index (χ2n) is 7.39. The number of aromatic nitrogens is 2. The van der Waals surface area contributed by atoms with E-state index < -0.39 is 0 Å². The first kappa shape index (κ1) is 21.1. The van der Waals surface area contributed by atoms with Gasteiger partial charge in [-0.15, -0.1) is 0 Å². The number of H-pyrrole nitrogens is 1. The first-order valence-corrected chi connectivity index (χ1v) is 10.2. The van der Waals surface area contributed by atoms with E-state index in [2.05, 4.69) is 20.5 Å². The fourth-order valence-electron chi connectivity index (χ4n) is 3.45. The average molecular weight is 428 g/mol. The van der Waals surface area contributed by atoms with Gasteiger partial charge in [-0.2, -0.15) is 5.10 Å². The summed E-state index contributed by atoms with van der Waals surface area (Å²) in [6, 6.07) is 19.0. The summed E-state index contributed by atoms with van der Waals surface area (Å²) in [6.07, 6.45) is 2.22. The van der Waals surface area contributed by atoms with Crippen LogP contribution in [0, 0.1) is 6.92 Å². The van der Waals surface area contributed by atoms with Crippen molar-refractivity contribution in [2.75, 3.05) is 14.2 Å². The van der Waals surface area contributed by atoms with Crippen LogP contribution in [0.25, 0.3) is 11.0 Å². The Morgan fingerprint density at radius 1 is 1.06 bits per heavy atom. The Labute approximate surface area is 186 Å². The molecular weight excluding hydrogens is 404 g/mol. The quantitative estimate of drug-likeness (QED) is 0.340. The number of carbonyl (C=O) groups excluding carboxylic acids is 1. The van der Waals surface area contributed by atoms with E-state index in [0.29, 0.717) is 23.5 Å². The lowest BCUT2D eigenvalue weighted by Gasteiger charge is -2.08. The molecule has 7 nitrogen and oxygen atoms in total. The Balaban J connectivity index is 1.47. The minimum Gasteiger partial charge on any atom is -0.493 e. The molecule has 1 amide bonds. The van der Waals surface area contributed by atoms with Gasteiger partial charge in [-0.25, -0.2) is 10.4 Å². The van der Waals surface area contributed by atoms with Crippen molar-refractivity contribution in [3.8, 4) is 11.5 Å². The second kappa shape index (κ2) is 9.34. The lowest BCUT2D eigenvalue weighted by atomic mass is 10.1. The molecule has 4 rings (SSSR count). The molecular formula is C25H24N4O3. The number of hydrazone groups is 1. The summed E-state index contributed by atoms with van der Waals surface area (Å²) in [6.45, 7) is 2.01. The van der Waals surface area contributed by atoms with Gasteiger partial charge in [-0.05, 0) is 48.4 Å². The van der Waals surface area contributed by atoms with E-state index in [4.69, 9.17) is 9.47 Å². The monoisotopic (exact) mass is 428 g/mol. The third-order valence-electron chi connectivity index (χ3n) is 5.03. The zero-order valence-electron chi connectivity index (χ0n) is 18.2. The van der Waals surface area contributed by atoms with Crippen LogP contribution in [0.2, 0.25) is 0 Å². The Kier molecular flexibility index (Phi) is 6.17. The van der Waals surface area contributed by atoms with Crippen molar-refractivity contribution in [3.63, 3.8) is 0 Å². The maximum absolute atomic E-state index is 12.5. The zero-order chi connectivity index (χ0) is 22.5. The summed E-state index contributed by atoms with van der Waals surface area (Å²) in [7, 11) is 3.22. The molecule has 0 aliphatic carbocycles. The van der Waals surface area contributed by atoms with Crippen molar-refractivity contribution < 1.29 is 14.3 Å². The van der Waals surface area contributed by atoms with E-state index in [1.165, 1.54) is 0 Å². The number of imidazole rings is 1. The fraction of sp³-hybridized carbons (Fsp3) is 0.160. The highest BCUT2D eigenvalue weighted by Crippen LogP contribution is 2.28. The molecule has 4 aromatic rings. The molecule has 0 unspecified atom stereocenters. The molecule has 0 radical (unpaired) electrons. The highest BCUT2D eigenvalue weighted by molar-refractivity contribution is 5.97. The average Bonchev–Trinajstić information content (AvgIpc) is 3.20. The highest BCUT2D eigenvalue weighted by atomic mass is 16.5. The molecule has 0 aliphatic rings. The van der Waals surface area contributed by atoms with Gasteiger partial charge in [-0.3, -0.25) is 4.79 Å².